The van der Waals surface area contributed by atoms with Gasteiger partial charge in [-0.2, -0.15) is 14.8 Å². The van der Waals surface area contributed by atoms with Gasteiger partial charge in [-0.15, -0.1) is 0 Å². The number of hydrazine groups is 1. The van der Waals surface area contributed by atoms with Crippen LogP contribution in [-0.2, 0) is 25.4 Å². The molecule has 0 saturated carbocycles. The summed E-state index contributed by atoms with van der Waals surface area (Å²) in [5, 5.41) is 5.41. The molecule has 0 radical (unpaired) electrons. The van der Waals surface area contributed by atoms with Crippen LogP contribution in [0.4, 0.5) is 11.8 Å². The van der Waals surface area contributed by atoms with Crippen LogP contribution in [0, 0.1) is 0 Å². The van der Waals surface area contributed by atoms with E-state index in [4.69, 9.17) is 35.9 Å². The smallest absolute Gasteiger partial charge is 0.323 e. The molecule has 0 amide bonds. The Hall–Kier alpha value is -3.23. The third-order valence-electron chi connectivity index (χ3n) is 6.67. The Labute approximate surface area is 273 Å². The molecule has 13 nitrogen and oxygen atoms in total. The summed E-state index contributed by atoms with van der Waals surface area (Å²) in [7, 11) is 1.69. The summed E-state index contributed by atoms with van der Waals surface area (Å²) in [6.07, 6.45) is 3.86. The lowest BCUT2D eigenvalue weighted by Gasteiger charge is -2.25. The number of anilines is 2. The number of nitrogens with zero attached hydrogens (tertiary/aromatic N) is 5. The van der Waals surface area contributed by atoms with Crippen molar-refractivity contribution in [1.82, 2.24) is 29.4 Å². The Bertz CT molecular complexity index is 1540. The van der Waals surface area contributed by atoms with Gasteiger partial charge in [0.1, 0.15) is 18.4 Å². The van der Waals surface area contributed by atoms with Gasteiger partial charge in [0.15, 0.2) is 17.0 Å². The van der Waals surface area contributed by atoms with Gasteiger partial charge in [-0.3, -0.25) is 9.80 Å². The summed E-state index contributed by atoms with van der Waals surface area (Å²) in [6, 6.07) is 15.6. The quantitative estimate of drug-likeness (QED) is 0.0575. The van der Waals surface area contributed by atoms with Crippen molar-refractivity contribution >= 4 is 61.0 Å². The molecule has 0 spiro atoms. The lowest BCUT2D eigenvalue weighted by Crippen LogP contribution is -2.34. The van der Waals surface area contributed by atoms with Crippen LogP contribution in [0.3, 0.4) is 0 Å². The Kier molecular flexibility index (Phi) is 13.0. The number of carbonyl (C=O) groups is 1. The van der Waals surface area contributed by atoms with Crippen LogP contribution in [-0.4, -0.2) is 64.7 Å². The van der Waals surface area contributed by atoms with E-state index in [0.29, 0.717) is 34.2 Å². The zero-order valence-electron chi connectivity index (χ0n) is 25.7. The number of halogens is 1. The lowest BCUT2D eigenvalue weighted by atomic mass is 10.1. The minimum atomic E-state index is -1.76. The van der Waals surface area contributed by atoms with Crippen molar-refractivity contribution in [3.8, 4) is 5.75 Å². The fourth-order valence-corrected chi connectivity index (χ4v) is 6.07. The average Bonchev–Trinajstić information content (AvgIpc) is 3.46. The van der Waals surface area contributed by atoms with Crippen molar-refractivity contribution in [2.75, 3.05) is 37.8 Å². The molecule has 2 heterocycles. The first-order chi connectivity index (χ1) is 21.7. The monoisotopic (exact) mass is 676 g/mol. The molecule has 0 aliphatic heterocycles. The zero-order valence-corrected chi connectivity index (χ0v) is 28.2. The van der Waals surface area contributed by atoms with Crippen molar-refractivity contribution in [3.63, 3.8) is 0 Å². The molecule has 2 aromatic heterocycles. The van der Waals surface area contributed by atoms with Crippen molar-refractivity contribution in [1.29, 1.82) is 0 Å². The molecular formula is C29H38ClN8O5PS. The number of imidazole rings is 1. The molecule has 0 bridgehead atoms. The summed E-state index contributed by atoms with van der Waals surface area (Å²) in [6.45, 7) is 3.96. The number of esters is 1. The average molecular weight is 677 g/mol. The Morgan fingerprint density at radius 3 is 2.60 bits per heavy atom. The van der Waals surface area contributed by atoms with Gasteiger partial charge in [0, 0.05) is 30.8 Å². The van der Waals surface area contributed by atoms with E-state index < -0.39 is 20.5 Å². The number of ether oxygens (including phenoxy) is 2. The Morgan fingerprint density at radius 2 is 1.89 bits per heavy atom. The van der Waals surface area contributed by atoms with Gasteiger partial charge in [-0.05, 0) is 44.7 Å². The van der Waals surface area contributed by atoms with Crippen LogP contribution >= 0.6 is 32.1 Å². The van der Waals surface area contributed by atoms with Crippen molar-refractivity contribution in [2.24, 2.45) is 0 Å². The van der Waals surface area contributed by atoms with Gasteiger partial charge >= 0.3 is 14.5 Å². The highest BCUT2D eigenvalue weighted by molar-refractivity contribution is 7.96. The van der Waals surface area contributed by atoms with Gasteiger partial charge in [0.05, 0.1) is 19.0 Å². The van der Waals surface area contributed by atoms with Crippen LogP contribution < -0.4 is 25.2 Å². The summed E-state index contributed by atoms with van der Waals surface area (Å²) in [4.78, 5) is 29.3. The molecule has 0 aliphatic carbocycles. The highest BCUT2D eigenvalue weighted by Gasteiger charge is 2.26. The highest BCUT2D eigenvalue weighted by atomic mass is 35.5. The van der Waals surface area contributed by atoms with Crippen molar-refractivity contribution in [3.05, 3.63) is 71.5 Å². The second-order valence-corrected chi connectivity index (χ2v) is 12.2. The number of methoxy groups -OCH3 is 1. The number of fused-ring (bicyclic) bond motifs is 1. The van der Waals surface area contributed by atoms with Gasteiger partial charge in [-0.1, -0.05) is 59.9 Å². The minimum Gasteiger partial charge on any atom is -0.460 e. The summed E-state index contributed by atoms with van der Waals surface area (Å²) < 4.78 is 25.5. The number of hydrogen-bond acceptors (Lipinski definition) is 13. The molecule has 45 heavy (non-hydrogen) atoms. The summed E-state index contributed by atoms with van der Waals surface area (Å²) in [5.41, 5.74) is 7.99. The lowest BCUT2D eigenvalue weighted by molar-refractivity contribution is -0.146. The molecule has 4 atom stereocenters. The number of hydrogen-bond donors (Lipinski definition) is 3. The van der Waals surface area contributed by atoms with Crippen LogP contribution in [0.15, 0.2) is 60.9 Å². The van der Waals surface area contributed by atoms with E-state index in [2.05, 4.69) is 24.9 Å². The van der Waals surface area contributed by atoms with E-state index in [9.17, 15) is 4.79 Å². The van der Waals surface area contributed by atoms with Gasteiger partial charge in [0.2, 0.25) is 5.95 Å². The van der Waals surface area contributed by atoms with Crippen LogP contribution in [0.2, 0.25) is 5.02 Å². The second-order valence-electron chi connectivity index (χ2n) is 10.0. The minimum absolute atomic E-state index is 0.0534. The number of carbonyl (C=O) groups excluding carboxylic acids is 1. The van der Waals surface area contributed by atoms with Gasteiger partial charge in [-0.25, -0.2) is 10.1 Å². The number of para-hydroxylation sites is 1. The van der Waals surface area contributed by atoms with E-state index in [1.807, 2.05) is 73.3 Å². The predicted molar refractivity (Wildman–Crippen MR) is 179 cm³/mol. The number of nitrogen functional groups attached to an aromatic ring is 1. The maximum Gasteiger partial charge on any atom is 0.323 e. The van der Waals surface area contributed by atoms with E-state index in [0.717, 1.165) is 5.56 Å². The van der Waals surface area contributed by atoms with Gasteiger partial charge in [0.25, 0.3) is 0 Å². The normalized spacial score (nSPS) is 14.1. The fourth-order valence-electron chi connectivity index (χ4n) is 4.30. The molecule has 2 aromatic carbocycles. The Morgan fingerprint density at radius 1 is 1.16 bits per heavy atom. The molecule has 0 fully saturated rings. The first-order valence-electron chi connectivity index (χ1n) is 14.1. The maximum atomic E-state index is 12.8. The number of nitrogens with two attached hydrogens (primary N) is 1. The van der Waals surface area contributed by atoms with E-state index in [1.54, 1.807) is 31.4 Å². The van der Waals surface area contributed by atoms with Crippen LogP contribution in [0.1, 0.15) is 31.9 Å². The first-order valence-corrected chi connectivity index (χ1v) is 16.9. The van der Waals surface area contributed by atoms with E-state index in [-0.39, 0.29) is 31.3 Å². The SMILES string of the molecule is COC(COP(NC(C)C(=O)OCc1ccccc1Cl)Oc1ccccc1)CC(C)n1cnc2c(N(C)NSC)nc(N)nc21. The van der Waals surface area contributed by atoms with Crippen molar-refractivity contribution in [2.45, 2.75) is 45.1 Å². The number of rotatable bonds is 17. The Balaban J connectivity index is 1.41. The second kappa shape index (κ2) is 16.9. The largest absolute Gasteiger partial charge is 0.460 e. The molecule has 4 N–H and O–H groups in total. The van der Waals surface area contributed by atoms with Gasteiger partial charge < -0.3 is 28.8 Å². The molecule has 242 valence electrons. The molecule has 4 unspecified atom stereocenters. The third-order valence-corrected chi connectivity index (χ3v) is 8.85. The molecule has 0 aliphatic rings. The van der Waals surface area contributed by atoms with Crippen molar-refractivity contribution < 1.29 is 23.3 Å². The summed E-state index contributed by atoms with van der Waals surface area (Å²) in [5.74, 6) is 0.834. The van der Waals surface area contributed by atoms with Crippen LogP contribution in [0.5, 0.6) is 5.75 Å². The number of benzene rings is 2. The molecule has 4 aromatic rings. The summed E-state index contributed by atoms with van der Waals surface area (Å²) >= 11 is 7.63. The highest BCUT2D eigenvalue weighted by Crippen LogP contribution is 2.37. The molecular weight excluding hydrogens is 639 g/mol. The molecule has 0 saturated heterocycles. The fraction of sp³-hybridized carbons (Fsp3) is 0.379. The first kappa shape index (κ1) is 34.6. The molecule has 16 heteroatoms. The maximum absolute atomic E-state index is 12.8. The van der Waals surface area contributed by atoms with Crippen LogP contribution in [0.25, 0.3) is 11.2 Å². The molecule has 4 rings (SSSR count). The third kappa shape index (κ3) is 9.63. The topological polar surface area (TPSA) is 151 Å². The van der Waals surface area contributed by atoms with E-state index >= 15 is 0 Å². The zero-order chi connectivity index (χ0) is 32.3. The number of nitrogens with one attached hydrogen (secondary N) is 2. The predicted octanol–water partition coefficient (Wildman–Crippen LogP) is 5.29. The standard InChI is InChI=1S/C29H38ClN8O5PS/c1-19(38-18-32-25-26(37(3)36-45-5)33-29(31)34-27(25)38)15-23(40-4)17-42-44(43-22-12-7-6-8-13-22)35-20(2)28(39)41-16-21-11-9-10-14-24(21)30/h6-14,18-20,23,35-36H,15-17H2,1-5H3,(H2,31,33,34). The van der Waals surface area contributed by atoms with E-state index in [1.165, 1.54) is 11.9 Å². The number of aromatic nitrogens is 4.